The summed E-state index contributed by atoms with van der Waals surface area (Å²) in [5.74, 6) is 0.884. The highest BCUT2D eigenvalue weighted by Gasteiger charge is 2.35. The quantitative estimate of drug-likeness (QED) is 0.903. The highest BCUT2D eigenvalue weighted by Crippen LogP contribution is 2.26. The molecule has 1 fully saturated rings. The zero-order valence-electron chi connectivity index (χ0n) is 15.3. The minimum Gasteiger partial charge on any atom is -0.497 e. The van der Waals surface area contributed by atoms with E-state index in [-0.39, 0.29) is 17.6 Å². The topological polar surface area (TPSA) is 63.8 Å². The molecule has 6 heteroatoms. The van der Waals surface area contributed by atoms with Crippen LogP contribution in [0.3, 0.4) is 0 Å². The third kappa shape index (κ3) is 3.96. The molecule has 0 saturated carbocycles. The number of hydrogen-bond acceptors (Lipinski definition) is 4. The lowest BCUT2D eigenvalue weighted by Crippen LogP contribution is -2.56. The number of morpholine rings is 1. The van der Waals surface area contributed by atoms with E-state index in [9.17, 15) is 4.79 Å². The number of benzene rings is 1. The molecule has 0 radical (unpaired) electrons. The Morgan fingerprint density at radius 1 is 1.40 bits per heavy atom. The molecule has 3 rings (SSSR count). The number of nitrogens with one attached hydrogen (secondary N) is 1. The predicted molar refractivity (Wildman–Crippen MR) is 96.0 cm³/mol. The first kappa shape index (κ1) is 17.8. The van der Waals surface area contributed by atoms with Gasteiger partial charge in [-0.05, 0) is 37.6 Å². The van der Waals surface area contributed by atoms with E-state index < -0.39 is 0 Å². The van der Waals surface area contributed by atoms with E-state index >= 15 is 0 Å². The molecule has 25 heavy (non-hydrogen) atoms. The molecule has 0 bridgehead atoms. The molecule has 1 aromatic heterocycles. The molecule has 0 aliphatic carbocycles. The van der Waals surface area contributed by atoms with E-state index in [1.807, 2.05) is 43.1 Å². The van der Waals surface area contributed by atoms with Gasteiger partial charge in [0, 0.05) is 37.3 Å². The van der Waals surface area contributed by atoms with Crippen LogP contribution in [0.5, 0.6) is 5.75 Å². The van der Waals surface area contributed by atoms with Crippen LogP contribution in [0.25, 0.3) is 10.9 Å². The van der Waals surface area contributed by atoms with Crippen LogP contribution in [0.1, 0.15) is 19.4 Å². The monoisotopic (exact) mass is 346 g/mol. The predicted octanol–water partition coefficient (Wildman–Crippen LogP) is 2.37. The molecule has 1 saturated heterocycles. The zero-order valence-corrected chi connectivity index (χ0v) is 15.3. The molecule has 1 amide bonds. The summed E-state index contributed by atoms with van der Waals surface area (Å²) >= 11 is 0. The first-order valence-corrected chi connectivity index (χ1v) is 8.50. The van der Waals surface area contributed by atoms with Gasteiger partial charge in [0.05, 0.1) is 31.8 Å². The fourth-order valence-electron chi connectivity index (χ4n) is 3.46. The number of methoxy groups -OCH3 is 2. The molecule has 1 N–H and O–H groups in total. The van der Waals surface area contributed by atoms with Crippen LogP contribution >= 0.6 is 0 Å². The van der Waals surface area contributed by atoms with Gasteiger partial charge in [0.15, 0.2) is 0 Å². The maximum atomic E-state index is 12.9. The Morgan fingerprint density at radius 2 is 2.20 bits per heavy atom. The molecule has 0 unspecified atom stereocenters. The summed E-state index contributed by atoms with van der Waals surface area (Å²) in [5, 5.41) is 1.02. The van der Waals surface area contributed by atoms with Gasteiger partial charge in [0.25, 0.3) is 0 Å². The number of hydrogen-bond donors (Lipinski definition) is 1. The number of H-pyrrole nitrogens is 1. The number of nitrogens with zero attached hydrogens (tertiary/aromatic N) is 1. The number of amides is 1. The van der Waals surface area contributed by atoms with Crippen LogP contribution in [0.15, 0.2) is 24.4 Å². The highest BCUT2D eigenvalue weighted by atomic mass is 16.5. The summed E-state index contributed by atoms with van der Waals surface area (Å²) < 4.78 is 16.5. The number of rotatable bonds is 5. The number of aromatic nitrogens is 1. The van der Waals surface area contributed by atoms with Gasteiger partial charge in [-0.15, -0.1) is 0 Å². The van der Waals surface area contributed by atoms with Crippen molar-refractivity contribution in [2.24, 2.45) is 0 Å². The van der Waals surface area contributed by atoms with Crippen LogP contribution in [0.2, 0.25) is 0 Å². The summed E-state index contributed by atoms with van der Waals surface area (Å²) in [7, 11) is 3.29. The van der Waals surface area contributed by atoms with Crippen molar-refractivity contribution in [1.29, 1.82) is 0 Å². The standard InChI is InChI=1S/C19H26N2O4/c1-19(2)12-21(10-15(25-19)11-23-3)18(22)7-13-9-20-17-6-5-14(24-4)8-16(13)17/h5-6,8-9,15,20H,7,10-12H2,1-4H3/t15-/m1/s1. The Labute approximate surface area is 148 Å². The van der Waals surface area contributed by atoms with E-state index in [2.05, 4.69) is 4.98 Å². The number of carbonyl (C=O) groups excluding carboxylic acids is 1. The van der Waals surface area contributed by atoms with Gasteiger partial charge >= 0.3 is 0 Å². The van der Waals surface area contributed by atoms with Gasteiger partial charge in [-0.25, -0.2) is 0 Å². The Kier molecular flexibility index (Phi) is 5.01. The van der Waals surface area contributed by atoms with E-state index in [0.717, 1.165) is 22.2 Å². The van der Waals surface area contributed by atoms with Crippen molar-refractivity contribution >= 4 is 16.8 Å². The molecule has 6 nitrogen and oxygen atoms in total. The Balaban J connectivity index is 1.77. The van der Waals surface area contributed by atoms with Crippen LogP contribution in [0.4, 0.5) is 0 Å². The van der Waals surface area contributed by atoms with Crippen molar-refractivity contribution in [2.45, 2.75) is 32.0 Å². The lowest BCUT2D eigenvalue weighted by molar-refractivity contribution is -0.168. The van der Waals surface area contributed by atoms with Gasteiger partial charge in [-0.3, -0.25) is 4.79 Å². The molecular formula is C19H26N2O4. The second kappa shape index (κ2) is 7.06. The molecule has 2 aromatic rings. The average molecular weight is 346 g/mol. The minimum atomic E-state index is -0.374. The summed E-state index contributed by atoms with van der Waals surface area (Å²) in [6, 6.07) is 5.84. The molecule has 136 valence electrons. The van der Waals surface area contributed by atoms with E-state index in [1.54, 1.807) is 14.2 Å². The van der Waals surface area contributed by atoms with Gasteiger partial charge in [-0.2, -0.15) is 0 Å². The molecule has 0 spiro atoms. The van der Waals surface area contributed by atoms with Crippen molar-refractivity contribution < 1.29 is 19.0 Å². The summed E-state index contributed by atoms with van der Waals surface area (Å²) in [5.41, 5.74) is 1.61. The van der Waals surface area contributed by atoms with Crippen molar-refractivity contribution in [1.82, 2.24) is 9.88 Å². The fourth-order valence-corrected chi connectivity index (χ4v) is 3.46. The molecule has 1 aliphatic rings. The second-order valence-electron chi connectivity index (χ2n) is 7.13. The van der Waals surface area contributed by atoms with Crippen molar-refractivity contribution in [3.8, 4) is 5.75 Å². The molecule has 1 aliphatic heterocycles. The van der Waals surface area contributed by atoms with Gasteiger partial charge in [0.1, 0.15) is 5.75 Å². The number of ether oxygens (including phenoxy) is 3. The lowest BCUT2D eigenvalue weighted by Gasteiger charge is -2.42. The fraction of sp³-hybridized carbons (Fsp3) is 0.526. The maximum absolute atomic E-state index is 12.9. The zero-order chi connectivity index (χ0) is 18.0. The Hall–Kier alpha value is -2.05. The van der Waals surface area contributed by atoms with Crippen LogP contribution in [0, 0.1) is 0 Å². The third-order valence-corrected chi connectivity index (χ3v) is 4.50. The van der Waals surface area contributed by atoms with Crippen LogP contribution in [-0.2, 0) is 20.7 Å². The molecular weight excluding hydrogens is 320 g/mol. The average Bonchev–Trinajstić information content (AvgIpc) is 2.95. The summed E-state index contributed by atoms with van der Waals surface area (Å²) in [4.78, 5) is 18.0. The van der Waals surface area contributed by atoms with E-state index in [1.165, 1.54) is 0 Å². The smallest absolute Gasteiger partial charge is 0.227 e. The minimum absolute atomic E-state index is 0.0965. The Morgan fingerprint density at radius 3 is 2.92 bits per heavy atom. The van der Waals surface area contributed by atoms with Crippen LogP contribution in [-0.4, -0.2) is 61.4 Å². The van der Waals surface area contributed by atoms with Crippen molar-refractivity contribution in [2.75, 3.05) is 33.9 Å². The van der Waals surface area contributed by atoms with Crippen molar-refractivity contribution in [3.05, 3.63) is 30.0 Å². The maximum Gasteiger partial charge on any atom is 0.227 e. The van der Waals surface area contributed by atoms with E-state index in [0.29, 0.717) is 26.1 Å². The van der Waals surface area contributed by atoms with Gasteiger partial charge < -0.3 is 24.1 Å². The number of fused-ring (bicyclic) bond motifs is 1. The molecule has 1 aromatic carbocycles. The first-order valence-electron chi connectivity index (χ1n) is 8.50. The number of carbonyl (C=O) groups is 1. The molecule has 1 atom stereocenters. The Bertz CT molecular complexity index is 753. The normalized spacial score (nSPS) is 20.0. The first-order chi connectivity index (χ1) is 11.9. The van der Waals surface area contributed by atoms with E-state index in [4.69, 9.17) is 14.2 Å². The lowest BCUT2D eigenvalue weighted by atomic mass is 10.0. The highest BCUT2D eigenvalue weighted by molar-refractivity contribution is 5.89. The van der Waals surface area contributed by atoms with Gasteiger partial charge in [0.2, 0.25) is 5.91 Å². The summed E-state index contributed by atoms with van der Waals surface area (Å²) in [6.07, 6.45) is 2.16. The SMILES string of the molecule is COC[C@H]1CN(C(=O)Cc2c[nH]c3ccc(OC)cc23)CC(C)(C)O1. The van der Waals surface area contributed by atoms with Crippen LogP contribution < -0.4 is 4.74 Å². The largest absolute Gasteiger partial charge is 0.497 e. The van der Waals surface area contributed by atoms with Crippen molar-refractivity contribution in [3.63, 3.8) is 0 Å². The summed E-state index contributed by atoms with van der Waals surface area (Å²) in [6.45, 7) is 5.63. The van der Waals surface area contributed by atoms with Gasteiger partial charge in [-0.1, -0.05) is 0 Å². The second-order valence-corrected chi connectivity index (χ2v) is 7.13. The number of aromatic amines is 1. The molecule has 2 heterocycles. The third-order valence-electron chi connectivity index (χ3n) is 4.50.